The van der Waals surface area contributed by atoms with Crippen LogP contribution in [0.1, 0.15) is 29.6 Å². The maximum Gasteiger partial charge on any atom is 0.246 e. The molecular weight excluding hydrogens is 355 g/mol. The molecule has 4 rings (SSSR count). The second-order valence-corrected chi connectivity index (χ2v) is 6.73. The highest BCUT2D eigenvalue weighted by Crippen LogP contribution is 2.33. The summed E-state index contributed by atoms with van der Waals surface area (Å²) in [5.74, 6) is 0.313. The zero-order valence-electron chi connectivity index (χ0n) is 15.3. The van der Waals surface area contributed by atoms with Crippen LogP contribution < -0.4 is 15.4 Å². The largest absolute Gasteiger partial charge is 0.493 e. The van der Waals surface area contributed by atoms with E-state index < -0.39 is 6.04 Å². The minimum atomic E-state index is -0.553. The van der Waals surface area contributed by atoms with Crippen molar-refractivity contribution in [1.82, 2.24) is 5.32 Å². The van der Waals surface area contributed by atoms with Crippen LogP contribution in [0.5, 0.6) is 5.75 Å². The molecule has 0 spiro atoms. The molecule has 1 amide bonds. The van der Waals surface area contributed by atoms with Gasteiger partial charge in [0, 0.05) is 23.7 Å². The molecule has 5 heteroatoms. The van der Waals surface area contributed by atoms with Crippen LogP contribution in [0.25, 0.3) is 0 Å². The average molecular weight is 376 g/mol. The maximum atomic E-state index is 13.2. The quantitative estimate of drug-likeness (QED) is 0.683. The predicted molar refractivity (Wildman–Crippen MR) is 107 cm³/mol. The Labute approximate surface area is 163 Å². The van der Waals surface area contributed by atoms with Gasteiger partial charge in [-0.2, -0.15) is 0 Å². The molecule has 142 valence electrons. The summed E-state index contributed by atoms with van der Waals surface area (Å²) in [5.41, 5.74) is 2.47. The van der Waals surface area contributed by atoms with Crippen LogP contribution in [0.15, 0.2) is 78.9 Å². The van der Waals surface area contributed by atoms with Crippen molar-refractivity contribution in [3.63, 3.8) is 0 Å². The molecule has 2 N–H and O–H groups in total. The molecule has 3 aromatic carbocycles. The summed E-state index contributed by atoms with van der Waals surface area (Å²) in [6.07, 6.45) is 0.768. The number of hydrogen-bond donors (Lipinski definition) is 2. The number of carbonyl (C=O) groups excluding carboxylic acids is 1. The first kappa shape index (κ1) is 18.2. The lowest BCUT2D eigenvalue weighted by Crippen LogP contribution is -2.37. The van der Waals surface area contributed by atoms with E-state index in [9.17, 15) is 9.18 Å². The van der Waals surface area contributed by atoms with Crippen molar-refractivity contribution in [3.8, 4) is 5.75 Å². The van der Waals surface area contributed by atoms with E-state index in [4.69, 9.17) is 4.74 Å². The maximum absolute atomic E-state index is 13.2. The number of ether oxygens (including phenoxy) is 1. The van der Waals surface area contributed by atoms with E-state index in [-0.39, 0.29) is 17.8 Å². The molecule has 0 radical (unpaired) electrons. The molecule has 2 atom stereocenters. The first-order chi connectivity index (χ1) is 13.7. The fraction of sp³-hybridized carbons (Fsp3) is 0.174. The third-order valence-corrected chi connectivity index (χ3v) is 4.83. The van der Waals surface area contributed by atoms with Crippen LogP contribution in [0, 0.1) is 5.82 Å². The van der Waals surface area contributed by atoms with Crippen molar-refractivity contribution in [2.24, 2.45) is 0 Å². The van der Waals surface area contributed by atoms with Crippen LogP contribution in [0.3, 0.4) is 0 Å². The van der Waals surface area contributed by atoms with Gasteiger partial charge in [0.1, 0.15) is 17.6 Å². The second-order valence-electron chi connectivity index (χ2n) is 6.73. The van der Waals surface area contributed by atoms with Crippen molar-refractivity contribution < 1.29 is 13.9 Å². The Balaban J connectivity index is 1.60. The summed E-state index contributed by atoms with van der Waals surface area (Å²) >= 11 is 0. The SMILES string of the molecule is O=C(Nc1ccc(F)cc1)[C@H](N[C@H]1CCOc2ccccc21)c1ccccc1. The molecule has 4 nitrogen and oxygen atoms in total. The van der Waals surface area contributed by atoms with Gasteiger partial charge in [0.25, 0.3) is 0 Å². The Hall–Kier alpha value is -3.18. The number of hydrogen-bond acceptors (Lipinski definition) is 3. The third kappa shape index (κ3) is 4.05. The number of nitrogens with one attached hydrogen (secondary N) is 2. The highest BCUT2D eigenvalue weighted by Gasteiger charge is 2.28. The summed E-state index contributed by atoms with van der Waals surface area (Å²) < 4.78 is 18.9. The first-order valence-corrected chi connectivity index (χ1v) is 9.30. The van der Waals surface area contributed by atoms with Gasteiger partial charge < -0.3 is 10.1 Å². The molecule has 0 unspecified atom stereocenters. The van der Waals surface area contributed by atoms with Crippen LogP contribution >= 0.6 is 0 Å². The van der Waals surface area contributed by atoms with Gasteiger partial charge in [0.05, 0.1) is 6.61 Å². The summed E-state index contributed by atoms with van der Waals surface area (Å²) in [6.45, 7) is 0.593. The fourth-order valence-corrected chi connectivity index (χ4v) is 3.43. The number of halogens is 1. The third-order valence-electron chi connectivity index (χ3n) is 4.83. The van der Waals surface area contributed by atoms with Gasteiger partial charge in [-0.1, -0.05) is 48.5 Å². The van der Waals surface area contributed by atoms with Crippen LogP contribution in [0.4, 0.5) is 10.1 Å². The normalized spacial score (nSPS) is 16.5. The lowest BCUT2D eigenvalue weighted by atomic mass is 9.97. The highest BCUT2D eigenvalue weighted by atomic mass is 19.1. The van der Waals surface area contributed by atoms with E-state index in [0.29, 0.717) is 12.3 Å². The number of fused-ring (bicyclic) bond motifs is 1. The van der Waals surface area contributed by atoms with Gasteiger partial charge in [-0.25, -0.2) is 4.39 Å². The number of para-hydroxylation sites is 1. The average Bonchev–Trinajstić information content (AvgIpc) is 2.74. The first-order valence-electron chi connectivity index (χ1n) is 9.30. The van der Waals surface area contributed by atoms with Gasteiger partial charge in [-0.15, -0.1) is 0 Å². The minimum Gasteiger partial charge on any atom is -0.493 e. The van der Waals surface area contributed by atoms with E-state index in [0.717, 1.165) is 23.3 Å². The predicted octanol–water partition coefficient (Wildman–Crippen LogP) is 4.62. The van der Waals surface area contributed by atoms with Crippen molar-refractivity contribution in [2.75, 3.05) is 11.9 Å². The molecule has 0 saturated heterocycles. The molecule has 28 heavy (non-hydrogen) atoms. The van der Waals surface area contributed by atoms with E-state index in [2.05, 4.69) is 10.6 Å². The van der Waals surface area contributed by atoms with Gasteiger partial charge >= 0.3 is 0 Å². The number of amides is 1. The molecule has 0 saturated carbocycles. The Morgan fingerprint density at radius 1 is 0.964 bits per heavy atom. The van der Waals surface area contributed by atoms with Crippen LogP contribution in [-0.2, 0) is 4.79 Å². The summed E-state index contributed by atoms with van der Waals surface area (Å²) in [4.78, 5) is 13.1. The Bertz CT molecular complexity index is 944. The van der Waals surface area contributed by atoms with E-state index in [1.165, 1.54) is 12.1 Å². The van der Waals surface area contributed by atoms with Gasteiger partial charge in [-0.05, 0) is 35.9 Å². The van der Waals surface area contributed by atoms with Gasteiger partial charge in [0.2, 0.25) is 5.91 Å². The second kappa shape index (κ2) is 8.23. The summed E-state index contributed by atoms with van der Waals surface area (Å²) in [7, 11) is 0. The van der Waals surface area contributed by atoms with E-state index in [1.807, 2.05) is 54.6 Å². The minimum absolute atomic E-state index is 0.00544. The molecule has 1 aliphatic rings. The van der Waals surface area contributed by atoms with Crippen molar-refractivity contribution in [3.05, 3.63) is 95.8 Å². The monoisotopic (exact) mass is 376 g/mol. The van der Waals surface area contributed by atoms with Crippen molar-refractivity contribution in [2.45, 2.75) is 18.5 Å². The molecule has 0 aliphatic carbocycles. The lowest BCUT2D eigenvalue weighted by Gasteiger charge is -2.30. The van der Waals surface area contributed by atoms with Gasteiger partial charge in [-0.3, -0.25) is 10.1 Å². The summed E-state index contributed by atoms with van der Waals surface area (Å²) in [6, 6.07) is 22.7. The molecule has 1 aliphatic heterocycles. The number of carbonyl (C=O) groups is 1. The summed E-state index contributed by atoms with van der Waals surface area (Å²) in [5, 5.41) is 6.38. The molecular formula is C23H21FN2O2. The standard InChI is InChI=1S/C23H21FN2O2/c24-17-10-12-18(13-11-17)25-23(27)22(16-6-2-1-3-7-16)26-20-14-15-28-21-9-5-4-8-19(20)21/h1-13,20,22,26H,14-15H2,(H,25,27)/t20-,22+/m0/s1. The Morgan fingerprint density at radius 3 is 2.46 bits per heavy atom. The molecule has 3 aromatic rings. The van der Waals surface area contributed by atoms with E-state index >= 15 is 0 Å². The highest BCUT2D eigenvalue weighted by molar-refractivity contribution is 5.95. The molecule has 0 fully saturated rings. The van der Waals surface area contributed by atoms with Crippen LogP contribution in [-0.4, -0.2) is 12.5 Å². The number of benzene rings is 3. The molecule has 1 heterocycles. The number of rotatable bonds is 5. The van der Waals surface area contributed by atoms with Crippen molar-refractivity contribution >= 4 is 11.6 Å². The van der Waals surface area contributed by atoms with Crippen LogP contribution in [0.2, 0.25) is 0 Å². The smallest absolute Gasteiger partial charge is 0.246 e. The van der Waals surface area contributed by atoms with Crippen molar-refractivity contribution in [1.29, 1.82) is 0 Å². The molecule has 0 aromatic heterocycles. The van der Waals surface area contributed by atoms with E-state index in [1.54, 1.807) is 12.1 Å². The zero-order valence-corrected chi connectivity index (χ0v) is 15.3. The Kier molecular flexibility index (Phi) is 5.35. The topological polar surface area (TPSA) is 50.4 Å². The molecule has 0 bridgehead atoms. The number of anilines is 1. The lowest BCUT2D eigenvalue weighted by molar-refractivity contribution is -0.118. The zero-order chi connectivity index (χ0) is 19.3. The fourth-order valence-electron chi connectivity index (χ4n) is 3.43. The van der Waals surface area contributed by atoms with Gasteiger partial charge in [0.15, 0.2) is 0 Å². The Morgan fingerprint density at radius 2 is 1.68 bits per heavy atom.